The summed E-state index contributed by atoms with van der Waals surface area (Å²) >= 11 is 1.34. The Bertz CT molecular complexity index is 1190. The maximum atomic E-state index is 13.1. The molecule has 3 aromatic rings. The lowest BCUT2D eigenvalue weighted by molar-refractivity contribution is -0.113. The molecular weight excluding hydrogens is 434 g/mol. The van der Waals surface area contributed by atoms with Crippen LogP contribution in [0.5, 0.6) is 0 Å². The van der Waals surface area contributed by atoms with Crippen molar-refractivity contribution < 1.29 is 9.59 Å². The lowest BCUT2D eigenvalue weighted by Crippen LogP contribution is -2.32. The molecule has 1 aliphatic heterocycles. The molecule has 33 heavy (non-hydrogen) atoms. The standard InChI is InChI=1S/C25H29N5O2S/c1-16-7-5-8-19(13-16)24(32)30-12-6-9-21(30)23-27-28-25(29(23)4)33-15-22(31)26-20-11-10-17(2)18(3)14-20/h5,7-8,10-11,13-14,21H,6,9,12,15H2,1-4H3,(H,26,31). The fourth-order valence-electron chi connectivity index (χ4n) is 4.11. The molecule has 1 aromatic heterocycles. The van der Waals surface area contributed by atoms with Crippen molar-refractivity contribution in [2.75, 3.05) is 17.6 Å². The number of aryl methyl sites for hydroxylation is 3. The highest BCUT2D eigenvalue weighted by atomic mass is 32.2. The SMILES string of the molecule is Cc1cccc(C(=O)N2CCCC2c2nnc(SCC(=O)Nc3ccc(C)c(C)c3)n2C)c1. The van der Waals surface area contributed by atoms with Gasteiger partial charge in [-0.3, -0.25) is 9.59 Å². The molecule has 1 aliphatic rings. The van der Waals surface area contributed by atoms with E-state index in [-0.39, 0.29) is 23.6 Å². The van der Waals surface area contributed by atoms with E-state index in [1.807, 2.05) is 79.8 Å². The largest absolute Gasteiger partial charge is 0.328 e. The van der Waals surface area contributed by atoms with Crippen LogP contribution < -0.4 is 5.32 Å². The van der Waals surface area contributed by atoms with Gasteiger partial charge in [0.1, 0.15) is 0 Å². The molecule has 0 bridgehead atoms. The van der Waals surface area contributed by atoms with Crippen LogP contribution in [0.1, 0.15) is 51.8 Å². The van der Waals surface area contributed by atoms with Crippen molar-refractivity contribution in [3.63, 3.8) is 0 Å². The number of likely N-dealkylation sites (tertiary alicyclic amines) is 1. The summed E-state index contributed by atoms with van der Waals surface area (Å²) in [6.07, 6.45) is 1.78. The van der Waals surface area contributed by atoms with E-state index in [2.05, 4.69) is 15.5 Å². The van der Waals surface area contributed by atoms with Crippen molar-refractivity contribution in [3.05, 3.63) is 70.5 Å². The molecule has 1 atom stereocenters. The lowest BCUT2D eigenvalue weighted by Gasteiger charge is -2.24. The van der Waals surface area contributed by atoms with Gasteiger partial charge >= 0.3 is 0 Å². The second-order valence-electron chi connectivity index (χ2n) is 8.56. The summed E-state index contributed by atoms with van der Waals surface area (Å²) in [5.41, 5.74) is 4.88. The summed E-state index contributed by atoms with van der Waals surface area (Å²) in [7, 11) is 1.90. The first-order chi connectivity index (χ1) is 15.8. The van der Waals surface area contributed by atoms with Gasteiger partial charge in [0.05, 0.1) is 11.8 Å². The van der Waals surface area contributed by atoms with Crippen molar-refractivity contribution in [2.45, 2.75) is 44.8 Å². The molecular formula is C25H29N5O2S. The summed E-state index contributed by atoms with van der Waals surface area (Å²) in [4.78, 5) is 27.5. The Balaban J connectivity index is 1.42. The highest BCUT2D eigenvalue weighted by Crippen LogP contribution is 2.33. The molecule has 7 nitrogen and oxygen atoms in total. The molecule has 0 radical (unpaired) electrons. The number of carbonyl (C=O) groups is 2. The fraction of sp³-hybridized carbons (Fsp3) is 0.360. The molecule has 0 saturated carbocycles. The van der Waals surface area contributed by atoms with Crippen LogP contribution in [0.25, 0.3) is 0 Å². The van der Waals surface area contributed by atoms with E-state index >= 15 is 0 Å². The Kier molecular flexibility index (Phi) is 6.83. The van der Waals surface area contributed by atoms with Crippen LogP contribution in [0.3, 0.4) is 0 Å². The molecule has 1 unspecified atom stereocenters. The predicted octanol–water partition coefficient (Wildman–Crippen LogP) is 4.45. The Morgan fingerprint density at radius 2 is 1.91 bits per heavy atom. The number of hydrogen-bond donors (Lipinski definition) is 1. The second kappa shape index (κ2) is 9.79. The van der Waals surface area contributed by atoms with Gasteiger partial charge in [-0.15, -0.1) is 10.2 Å². The molecule has 1 saturated heterocycles. The van der Waals surface area contributed by atoms with Crippen molar-refractivity contribution in [1.82, 2.24) is 19.7 Å². The topological polar surface area (TPSA) is 80.1 Å². The summed E-state index contributed by atoms with van der Waals surface area (Å²) in [6, 6.07) is 13.4. The predicted molar refractivity (Wildman–Crippen MR) is 130 cm³/mol. The third-order valence-electron chi connectivity index (χ3n) is 6.07. The van der Waals surface area contributed by atoms with Gasteiger partial charge in [0.2, 0.25) is 5.91 Å². The minimum atomic E-state index is -0.116. The number of benzene rings is 2. The van der Waals surface area contributed by atoms with Crippen LogP contribution in [0.15, 0.2) is 47.6 Å². The highest BCUT2D eigenvalue weighted by molar-refractivity contribution is 7.99. The van der Waals surface area contributed by atoms with E-state index in [1.54, 1.807) is 0 Å². The van der Waals surface area contributed by atoms with Crippen molar-refractivity contribution in [1.29, 1.82) is 0 Å². The molecule has 8 heteroatoms. The van der Waals surface area contributed by atoms with Gasteiger partial charge in [-0.2, -0.15) is 0 Å². The lowest BCUT2D eigenvalue weighted by atomic mass is 10.1. The van der Waals surface area contributed by atoms with Crippen LogP contribution in [0, 0.1) is 20.8 Å². The first-order valence-corrected chi connectivity index (χ1v) is 12.1. The van der Waals surface area contributed by atoms with E-state index in [1.165, 1.54) is 17.3 Å². The Morgan fingerprint density at radius 1 is 1.09 bits per heavy atom. The normalized spacial score (nSPS) is 15.6. The molecule has 172 valence electrons. The third kappa shape index (κ3) is 5.11. The molecule has 2 heterocycles. The average Bonchev–Trinajstić information content (AvgIpc) is 3.41. The number of aromatic nitrogens is 3. The van der Waals surface area contributed by atoms with Crippen LogP contribution in [0.4, 0.5) is 5.69 Å². The number of thioether (sulfide) groups is 1. The maximum Gasteiger partial charge on any atom is 0.254 e. The number of amides is 2. The molecule has 1 N–H and O–H groups in total. The van der Waals surface area contributed by atoms with Crippen LogP contribution in [-0.2, 0) is 11.8 Å². The molecule has 0 spiro atoms. The van der Waals surface area contributed by atoms with Crippen molar-refractivity contribution in [2.24, 2.45) is 7.05 Å². The van der Waals surface area contributed by atoms with Gasteiger partial charge in [0.25, 0.3) is 5.91 Å². The third-order valence-corrected chi connectivity index (χ3v) is 7.09. The smallest absolute Gasteiger partial charge is 0.254 e. The molecule has 0 aliphatic carbocycles. The molecule has 2 aromatic carbocycles. The molecule has 2 amide bonds. The highest BCUT2D eigenvalue weighted by Gasteiger charge is 2.34. The first kappa shape index (κ1) is 23.0. The van der Waals surface area contributed by atoms with Crippen molar-refractivity contribution >= 4 is 29.3 Å². The zero-order chi connectivity index (χ0) is 23.5. The van der Waals surface area contributed by atoms with Crippen LogP contribution in [-0.4, -0.2) is 43.8 Å². The maximum absolute atomic E-state index is 13.1. The minimum Gasteiger partial charge on any atom is -0.328 e. The Morgan fingerprint density at radius 3 is 2.67 bits per heavy atom. The fourth-order valence-corrected chi connectivity index (χ4v) is 4.83. The van der Waals surface area contributed by atoms with Crippen molar-refractivity contribution in [3.8, 4) is 0 Å². The van der Waals surface area contributed by atoms with E-state index in [0.717, 1.165) is 35.5 Å². The van der Waals surface area contributed by atoms with Gasteiger partial charge in [-0.05, 0) is 69.0 Å². The number of nitrogens with zero attached hydrogens (tertiary/aromatic N) is 4. The van der Waals surface area contributed by atoms with Gasteiger partial charge in [-0.25, -0.2) is 0 Å². The first-order valence-electron chi connectivity index (χ1n) is 11.1. The molecule has 1 fully saturated rings. The minimum absolute atomic E-state index is 0.0196. The van der Waals surface area contributed by atoms with Gasteiger partial charge < -0.3 is 14.8 Å². The van der Waals surface area contributed by atoms with Gasteiger partial charge in [0.15, 0.2) is 11.0 Å². The number of hydrogen-bond acceptors (Lipinski definition) is 5. The van der Waals surface area contributed by atoms with E-state index in [4.69, 9.17) is 0 Å². The zero-order valence-electron chi connectivity index (χ0n) is 19.5. The monoisotopic (exact) mass is 463 g/mol. The van der Waals surface area contributed by atoms with E-state index < -0.39 is 0 Å². The second-order valence-corrected chi connectivity index (χ2v) is 9.50. The zero-order valence-corrected chi connectivity index (χ0v) is 20.3. The summed E-state index contributed by atoms with van der Waals surface area (Å²) < 4.78 is 1.90. The number of nitrogens with one attached hydrogen (secondary N) is 1. The Hall–Kier alpha value is -3.13. The summed E-state index contributed by atoms with van der Waals surface area (Å²) in [6.45, 7) is 6.75. The number of carbonyl (C=O) groups excluding carboxylic acids is 2. The summed E-state index contributed by atoms with van der Waals surface area (Å²) in [5, 5.41) is 12.3. The Labute approximate surface area is 198 Å². The number of anilines is 1. The number of rotatable bonds is 6. The quantitative estimate of drug-likeness (QED) is 0.547. The van der Waals surface area contributed by atoms with Gasteiger partial charge in [-0.1, -0.05) is 35.5 Å². The summed E-state index contributed by atoms with van der Waals surface area (Å²) in [5.74, 6) is 0.914. The van der Waals surface area contributed by atoms with Crippen LogP contribution in [0.2, 0.25) is 0 Å². The van der Waals surface area contributed by atoms with E-state index in [0.29, 0.717) is 17.3 Å². The average molecular weight is 464 g/mol. The van der Waals surface area contributed by atoms with E-state index in [9.17, 15) is 9.59 Å². The van der Waals surface area contributed by atoms with Gasteiger partial charge in [0, 0.05) is 24.8 Å². The van der Waals surface area contributed by atoms with Crippen LogP contribution >= 0.6 is 11.8 Å². The molecule has 4 rings (SSSR count).